The van der Waals surface area contributed by atoms with Gasteiger partial charge in [0.15, 0.2) is 0 Å². The van der Waals surface area contributed by atoms with E-state index in [-0.39, 0.29) is 0 Å². The summed E-state index contributed by atoms with van der Waals surface area (Å²) in [6.45, 7) is 3.67. The summed E-state index contributed by atoms with van der Waals surface area (Å²) in [5, 5.41) is 3.65. The molecule has 0 radical (unpaired) electrons. The summed E-state index contributed by atoms with van der Waals surface area (Å²) < 4.78 is 0. The van der Waals surface area contributed by atoms with Crippen LogP contribution in [0.25, 0.3) is 0 Å². The molecule has 0 saturated carbocycles. The van der Waals surface area contributed by atoms with Crippen LogP contribution >= 0.6 is 0 Å². The summed E-state index contributed by atoms with van der Waals surface area (Å²) in [6.07, 6.45) is 5.32. The van der Waals surface area contributed by atoms with E-state index in [1.165, 1.54) is 45.3 Å². The fourth-order valence-corrected chi connectivity index (χ4v) is 3.57. The van der Waals surface area contributed by atoms with Crippen LogP contribution < -0.4 is 5.32 Å². The second kappa shape index (κ2) is 5.41. The maximum absolute atomic E-state index is 3.65. The molecule has 0 spiro atoms. The molecule has 2 fully saturated rings. The van der Waals surface area contributed by atoms with Crippen molar-refractivity contribution in [2.75, 3.05) is 26.7 Å². The number of hydrogen-bond acceptors (Lipinski definition) is 2. The molecule has 2 heteroatoms. The first-order chi connectivity index (χ1) is 8.84. The molecule has 2 aliphatic heterocycles. The maximum atomic E-state index is 3.65. The monoisotopic (exact) mass is 244 g/mol. The van der Waals surface area contributed by atoms with Gasteiger partial charge in [0.1, 0.15) is 0 Å². The average Bonchev–Trinajstić information content (AvgIpc) is 2.92. The van der Waals surface area contributed by atoms with E-state index in [2.05, 4.69) is 41.5 Å². The number of nitrogens with zero attached hydrogens (tertiary/aromatic N) is 1. The van der Waals surface area contributed by atoms with Crippen molar-refractivity contribution in [1.29, 1.82) is 0 Å². The summed E-state index contributed by atoms with van der Waals surface area (Å²) in [5.41, 5.74) is 3.17. The Hall–Kier alpha value is -0.860. The molecule has 2 atom stereocenters. The third-order valence-electron chi connectivity index (χ3n) is 4.50. The number of hydrogen-bond donors (Lipinski definition) is 1. The lowest BCUT2D eigenvalue weighted by Crippen LogP contribution is -2.31. The highest BCUT2D eigenvalue weighted by Crippen LogP contribution is 2.34. The zero-order valence-corrected chi connectivity index (χ0v) is 11.4. The topological polar surface area (TPSA) is 15.3 Å². The van der Waals surface area contributed by atoms with Gasteiger partial charge >= 0.3 is 0 Å². The highest BCUT2D eigenvalue weighted by molar-refractivity contribution is 5.34. The summed E-state index contributed by atoms with van der Waals surface area (Å²) in [5.74, 6) is 0.738. The maximum Gasteiger partial charge on any atom is 0.0323 e. The largest absolute Gasteiger partial charge is 0.310 e. The highest BCUT2D eigenvalue weighted by atomic mass is 15.1. The first-order valence-electron chi connectivity index (χ1n) is 7.35. The molecule has 0 amide bonds. The van der Waals surface area contributed by atoms with Crippen LogP contribution in [0.1, 0.15) is 48.8 Å². The smallest absolute Gasteiger partial charge is 0.0323 e. The zero-order valence-electron chi connectivity index (χ0n) is 11.4. The van der Waals surface area contributed by atoms with Gasteiger partial charge in [0.2, 0.25) is 0 Å². The second-order valence-corrected chi connectivity index (χ2v) is 5.88. The molecule has 1 N–H and O–H groups in total. The van der Waals surface area contributed by atoms with Gasteiger partial charge in [0.05, 0.1) is 0 Å². The molecule has 1 aromatic carbocycles. The Morgan fingerprint density at radius 1 is 1.11 bits per heavy atom. The minimum absolute atomic E-state index is 0.605. The van der Waals surface area contributed by atoms with Gasteiger partial charge in [0.25, 0.3) is 0 Å². The Morgan fingerprint density at radius 3 is 2.67 bits per heavy atom. The molecule has 1 aromatic rings. The second-order valence-electron chi connectivity index (χ2n) is 5.88. The van der Waals surface area contributed by atoms with E-state index in [0.717, 1.165) is 5.92 Å². The molecule has 2 saturated heterocycles. The van der Waals surface area contributed by atoms with Gasteiger partial charge in [0, 0.05) is 12.6 Å². The van der Waals surface area contributed by atoms with Crippen LogP contribution in [0.5, 0.6) is 0 Å². The minimum Gasteiger partial charge on any atom is -0.310 e. The molecule has 98 valence electrons. The highest BCUT2D eigenvalue weighted by Gasteiger charge is 2.25. The number of piperidine rings is 1. The number of nitrogens with one attached hydrogen (secondary N) is 1. The Bertz CT molecular complexity index is 396. The number of rotatable bonds is 2. The van der Waals surface area contributed by atoms with Crippen molar-refractivity contribution >= 4 is 0 Å². The van der Waals surface area contributed by atoms with Crippen LogP contribution in [0, 0.1) is 0 Å². The predicted molar refractivity (Wildman–Crippen MR) is 75.9 cm³/mol. The summed E-state index contributed by atoms with van der Waals surface area (Å²) >= 11 is 0. The lowest BCUT2D eigenvalue weighted by atomic mass is 9.85. The number of likely N-dealkylation sites (N-methyl/N-ethyl adjacent to an activating group) is 1. The third-order valence-corrected chi connectivity index (χ3v) is 4.50. The zero-order chi connectivity index (χ0) is 12.4. The van der Waals surface area contributed by atoms with Crippen LogP contribution in [0.4, 0.5) is 0 Å². The van der Waals surface area contributed by atoms with Gasteiger partial charge in [-0.05, 0) is 62.9 Å². The van der Waals surface area contributed by atoms with Crippen molar-refractivity contribution in [2.45, 2.75) is 37.6 Å². The van der Waals surface area contributed by atoms with E-state index in [1.807, 2.05) is 0 Å². The number of likely N-dealkylation sites (tertiary alicyclic amines) is 1. The third kappa shape index (κ3) is 2.45. The predicted octanol–water partition coefficient (Wildman–Crippen LogP) is 2.92. The van der Waals surface area contributed by atoms with Crippen molar-refractivity contribution < 1.29 is 0 Å². The molecule has 0 aromatic heterocycles. The minimum atomic E-state index is 0.605. The van der Waals surface area contributed by atoms with Crippen molar-refractivity contribution in [3.8, 4) is 0 Å². The Balaban J connectivity index is 1.86. The quantitative estimate of drug-likeness (QED) is 0.860. The Kier molecular flexibility index (Phi) is 3.67. The molecule has 0 bridgehead atoms. The molecule has 18 heavy (non-hydrogen) atoms. The van der Waals surface area contributed by atoms with Gasteiger partial charge in [-0.3, -0.25) is 0 Å². The SMILES string of the molecule is CN1CCCC(c2ccccc2C2CCCN2)C1. The summed E-state index contributed by atoms with van der Waals surface area (Å²) in [6, 6.07) is 9.72. The van der Waals surface area contributed by atoms with E-state index in [1.54, 1.807) is 11.1 Å². The first-order valence-corrected chi connectivity index (χ1v) is 7.35. The van der Waals surface area contributed by atoms with Crippen LogP contribution in [-0.2, 0) is 0 Å². The van der Waals surface area contributed by atoms with E-state index >= 15 is 0 Å². The van der Waals surface area contributed by atoms with E-state index < -0.39 is 0 Å². The lowest BCUT2D eigenvalue weighted by molar-refractivity contribution is 0.250. The van der Waals surface area contributed by atoms with E-state index in [9.17, 15) is 0 Å². The fraction of sp³-hybridized carbons (Fsp3) is 0.625. The average molecular weight is 244 g/mol. The summed E-state index contributed by atoms with van der Waals surface area (Å²) in [4.78, 5) is 2.48. The standard InChI is InChI=1S/C16H24N2/c1-18-11-5-6-13(12-18)14-7-2-3-8-15(14)16-9-4-10-17-16/h2-3,7-8,13,16-17H,4-6,9-12H2,1H3. The normalized spacial score (nSPS) is 29.6. The van der Waals surface area contributed by atoms with Crippen molar-refractivity contribution in [2.24, 2.45) is 0 Å². The molecular formula is C16H24N2. The van der Waals surface area contributed by atoms with Crippen LogP contribution in [0.2, 0.25) is 0 Å². The van der Waals surface area contributed by atoms with Gasteiger partial charge in [-0.2, -0.15) is 0 Å². The summed E-state index contributed by atoms with van der Waals surface area (Å²) in [7, 11) is 2.25. The Morgan fingerprint density at radius 2 is 1.94 bits per heavy atom. The van der Waals surface area contributed by atoms with Crippen molar-refractivity contribution in [1.82, 2.24) is 10.2 Å². The van der Waals surface area contributed by atoms with Gasteiger partial charge in [-0.25, -0.2) is 0 Å². The molecule has 0 aliphatic carbocycles. The van der Waals surface area contributed by atoms with Gasteiger partial charge in [-0.1, -0.05) is 24.3 Å². The molecule has 2 nitrogen and oxygen atoms in total. The Labute approximate surface area is 110 Å². The fourth-order valence-electron chi connectivity index (χ4n) is 3.57. The number of benzene rings is 1. The molecular weight excluding hydrogens is 220 g/mol. The van der Waals surface area contributed by atoms with E-state index in [4.69, 9.17) is 0 Å². The van der Waals surface area contributed by atoms with Gasteiger partial charge in [-0.15, -0.1) is 0 Å². The molecule has 2 unspecified atom stereocenters. The van der Waals surface area contributed by atoms with E-state index in [0.29, 0.717) is 6.04 Å². The van der Waals surface area contributed by atoms with Crippen LogP contribution in [0.15, 0.2) is 24.3 Å². The van der Waals surface area contributed by atoms with Crippen molar-refractivity contribution in [3.05, 3.63) is 35.4 Å². The first kappa shape index (κ1) is 12.2. The lowest BCUT2D eigenvalue weighted by Gasteiger charge is -2.32. The van der Waals surface area contributed by atoms with Crippen LogP contribution in [0.3, 0.4) is 0 Å². The molecule has 2 heterocycles. The molecule has 2 aliphatic rings. The molecule has 3 rings (SSSR count). The van der Waals surface area contributed by atoms with Crippen molar-refractivity contribution in [3.63, 3.8) is 0 Å². The van der Waals surface area contributed by atoms with Crippen LogP contribution in [-0.4, -0.2) is 31.6 Å². The van der Waals surface area contributed by atoms with Gasteiger partial charge < -0.3 is 10.2 Å².